The lowest BCUT2D eigenvalue weighted by Crippen LogP contribution is -2.60. The quantitative estimate of drug-likeness (QED) is 0.588. The first-order valence-electron chi connectivity index (χ1n) is 7.53. The molecule has 1 aromatic rings. The molecule has 2 unspecified atom stereocenters. The van der Waals surface area contributed by atoms with Crippen LogP contribution in [0.4, 0.5) is 0 Å². The summed E-state index contributed by atoms with van der Waals surface area (Å²) in [5, 5.41) is 4.57. The maximum Gasteiger partial charge on any atom is 0.0766 e. The SMILES string of the molecule is CCc1nn(C)c(CC(NN)C2CN(C)CCN2C)c1Br. The van der Waals surface area contributed by atoms with Gasteiger partial charge < -0.3 is 4.90 Å². The minimum atomic E-state index is 0.203. The number of likely N-dealkylation sites (N-methyl/N-ethyl adjacent to an activating group) is 2. The summed E-state index contributed by atoms with van der Waals surface area (Å²) in [7, 11) is 6.35. The fourth-order valence-corrected chi connectivity index (χ4v) is 3.81. The zero-order chi connectivity index (χ0) is 15.6. The number of nitrogens with zero attached hydrogens (tertiary/aromatic N) is 4. The molecule has 2 heterocycles. The maximum atomic E-state index is 5.86. The highest BCUT2D eigenvalue weighted by Gasteiger charge is 2.30. The third-order valence-corrected chi connectivity index (χ3v) is 5.41. The van der Waals surface area contributed by atoms with Crippen LogP contribution in [0.3, 0.4) is 0 Å². The summed E-state index contributed by atoms with van der Waals surface area (Å²) in [6.45, 7) is 5.34. The minimum absolute atomic E-state index is 0.203. The second kappa shape index (κ2) is 7.19. The molecule has 7 heteroatoms. The van der Waals surface area contributed by atoms with Crippen molar-refractivity contribution in [3.63, 3.8) is 0 Å². The number of nitrogens with one attached hydrogen (secondary N) is 1. The third kappa shape index (κ3) is 3.65. The molecule has 0 radical (unpaired) electrons. The average Bonchev–Trinajstić information content (AvgIpc) is 2.74. The summed E-state index contributed by atoms with van der Waals surface area (Å²) in [6.07, 6.45) is 1.80. The van der Waals surface area contributed by atoms with Crippen molar-refractivity contribution >= 4 is 15.9 Å². The standard InChI is InChI=1S/C14H27BrN6/c1-5-10-14(15)12(21(4)18-10)8-11(17-16)13-9-19(2)6-7-20(13)3/h11,13,17H,5-9,16H2,1-4H3. The molecule has 1 saturated heterocycles. The topological polar surface area (TPSA) is 62.4 Å². The Morgan fingerprint density at radius 2 is 2.10 bits per heavy atom. The van der Waals surface area contributed by atoms with E-state index in [1.807, 2.05) is 11.7 Å². The first kappa shape index (κ1) is 16.9. The van der Waals surface area contributed by atoms with Crippen LogP contribution in [0, 0.1) is 0 Å². The molecule has 0 aliphatic carbocycles. The molecular weight excluding hydrogens is 332 g/mol. The van der Waals surface area contributed by atoms with Crippen molar-refractivity contribution in [2.75, 3.05) is 33.7 Å². The second-order valence-corrected chi connectivity index (χ2v) is 6.77. The second-order valence-electron chi connectivity index (χ2n) is 5.97. The van der Waals surface area contributed by atoms with Gasteiger partial charge in [0.2, 0.25) is 0 Å². The van der Waals surface area contributed by atoms with Crippen LogP contribution < -0.4 is 11.3 Å². The van der Waals surface area contributed by atoms with Crippen LogP contribution in [0.2, 0.25) is 0 Å². The Hall–Kier alpha value is -0.470. The molecule has 0 aromatic carbocycles. The van der Waals surface area contributed by atoms with E-state index in [1.54, 1.807) is 0 Å². The molecule has 0 amide bonds. The summed E-state index contributed by atoms with van der Waals surface area (Å²) in [4.78, 5) is 4.76. The Morgan fingerprint density at radius 3 is 2.67 bits per heavy atom. The number of aromatic nitrogens is 2. The van der Waals surface area contributed by atoms with E-state index in [-0.39, 0.29) is 6.04 Å². The van der Waals surface area contributed by atoms with Crippen LogP contribution in [0.1, 0.15) is 18.3 Å². The molecule has 1 aliphatic rings. The Balaban J connectivity index is 2.17. The van der Waals surface area contributed by atoms with Gasteiger partial charge in [0.25, 0.3) is 0 Å². The Labute approximate surface area is 135 Å². The van der Waals surface area contributed by atoms with Crippen LogP contribution in [0.5, 0.6) is 0 Å². The van der Waals surface area contributed by atoms with Gasteiger partial charge in [0.05, 0.1) is 15.9 Å². The number of piperazine rings is 1. The van der Waals surface area contributed by atoms with Gasteiger partial charge in [-0.25, -0.2) is 0 Å². The van der Waals surface area contributed by atoms with Gasteiger partial charge in [-0.3, -0.25) is 20.9 Å². The van der Waals surface area contributed by atoms with E-state index >= 15 is 0 Å². The first-order valence-corrected chi connectivity index (χ1v) is 8.32. The molecule has 6 nitrogen and oxygen atoms in total. The summed E-state index contributed by atoms with van der Waals surface area (Å²) < 4.78 is 3.10. The molecule has 1 aliphatic heterocycles. The highest BCUT2D eigenvalue weighted by atomic mass is 79.9. The van der Waals surface area contributed by atoms with Crippen molar-refractivity contribution in [3.8, 4) is 0 Å². The predicted octanol–water partition coefficient (Wildman–Crippen LogP) is 0.365. The zero-order valence-electron chi connectivity index (χ0n) is 13.4. The Morgan fingerprint density at radius 1 is 1.38 bits per heavy atom. The van der Waals surface area contributed by atoms with Crippen LogP contribution >= 0.6 is 15.9 Å². The molecule has 120 valence electrons. The van der Waals surface area contributed by atoms with Gasteiger partial charge in [-0.2, -0.15) is 5.10 Å². The fraction of sp³-hybridized carbons (Fsp3) is 0.786. The van der Waals surface area contributed by atoms with Crippen LogP contribution in [0.25, 0.3) is 0 Å². The molecule has 2 atom stereocenters. The van der Waals surface area contributed by atoms with E-state index in [4.69, 9.17) is 5.84 Å². The molecule has 0 saturated carbocycles. The van der Waals surface area contributed by atoms with Crippen LogP contribution in [-0.4, -0.2) is 65.4 Å². The van der Waals surface area contributed by atoms with Gasteiger partial charge in [0, 0.05) is 45.2 Å². The number of hydrogen-bond acceptors (Lipinski definition) is 5. The summed E-state index contributed by atoms with van der Waals surface area (Å²) in [6, 6.07) is 0.606. The normalized spacial score (nSPS) is 22.7. The van der Waals surface area contributed by atoms with Crippen molar-refractivity contribution in [3.05, 3.63) is 15.9 Å². The van der Waals surface area contributed by atoms with Crippen molar-refractivity contribution in [2.45, 2.75) is 31.8 Å². The molecule has 21 heavy (non-hydrogen) atoms. The van der Waals surface area contributed by atoms with Crippen molar-refractivity contribution in [1.29, 1.82) is 0 Å². The number of hydrogen-bond donors (Lipinski definition) is 2. The summed E-state index contributed by atoms with van der Waals surface area (Å²) >= 11 is 3.70. The van der Waals surface area contributed by atoms with E-state index < -0.39 is 0 Å². The van der Waals surface area contributed by atoms with E-state index in [9.17, 15) is 0 Å². The smallest absolute Gasteiger partial charge is 0.0766 e. The average molecular weight is 359 g/mol. The number of aryl methyl sites for hydroxylation is 2. The number of hydrazine groups is 1. The van der Waals surface area contributed by atoms with Gasteiger partial charge in [0.1, 0.15) is 0 Å². The zero-order valence-corrected chi connectivity index (χ0v) is 15.0. The summed E-state index contributed by atoms with van der Waals surface area (Å²) in [5.74, 6) is 5.86. The minimum Gasteiger partial charge on any atom is -0.303 e. The van der Waals surface area contributed by atoms with Crippen molar-refractivity contribution in [1.82, 2.24) is 25.0 Å². The van der Waals surface area contributed by atoms with Gasteiger partial charge in [0.15, 0.2) is 0 Å². The monoisotopic (exact) mass is 358 g/mol. The van der Waals surface area contributed by atoms with Crippen LogP contribution in [-0.2, 0) is 19.9 Å². The molecule has 1 aromatic heterocycles. The maximum absolute atomic E-state index is 5.86. The molecule has 1 fully saturated rings. The fourth-order valence-electron chi connectivity index (χ4n) is 3.03. The first-order chi connectivity index (χ1) is 9.97. The van der Waals surface area contributed by atoms with Gasteiger partial charge >= 0.3 is 0 Å². The number of halogens is 1. The van der Waals surface area contributed by atoms with Gasteiger partial charge in [-0.05, 0) is 36.4 Å². The molecular formula is C14H27BrN6. The number of nitrogens with two attached hydrogens (primary N) is 1. The van der Waals surface area contributed by atoms with Crippen LogP contribution in [0.15, 0.2) is 4.47 Å². The van der Waals surface area contributed by atoms with E-state index in [0.717, 1.165) is 42.6 Å². The lowest BCUT2D eigenvalue weighted by atomic mass is 9.99. The largest absolute Gasteiger partial charge is 0.303 e. The highest BCUT2D eigenvalue weighted by molar-refractivity contribution is 9.10. The Kier molecular flexibility index (Phi) is 5.79. The Bertz CT molecular complexity index is 474. The molecule has 0 bridgehead atoms. The van der Waals surface area contributed by atoms with Crippen molar-refractivity contribution < 1.29 is 0 Å². The van der Waals surface area contributed by atoms with Gasteiger partial charge in [-0.1, -0.05) is 6.92 Å². The lowest BCUT2D eigenvalue weighted by molar-refractivity contribution is 0.0871. The summed E-state index contributed by atoms with van der Waals surface area (Å²) in [5.41, 5.74) is 5.34. The third-order valence-electron chi connectivity index (χ3n) is 4.49. The van der Waals surface area contributed by atoms with E-state index in [0.29, 0.717) is 6.04 Å². The number of rotatable bonds is 5. The predicted molar refractivity (Wildman–Crippen MR) is 89.0 cm³/mol. The lowest BCUT2D eigenvalue weighted by Gasteiger charge is -2.41. The van der Waals surface area contributed by atoms with E-state index in [2.05, 4.69) is 57.3 Å². The molecule has 2 rings (SSSR count). The molecule has 3 N–H and O–H groups in total. The van der Waals surface area contributed by atoms with Gasteiger partial charge in [-0.15, -0.1) is 0 Å². The van der Waals surface area contributed by atoms with E-state index in [1.165, 1.54) is 5.69 Å². The van der Waals surface area contributed by atoms with Crippen molar-refractivity contribution in [2.24, 2.45) is 12.9 Å². The molecule has 0 spiro atoms. The highest BCUT2D eigenvalue weighted by Crippen LogP contribution is 2.24.